The van der Waals surface area contributed by atoms with E-state index >= 15 is 0 Å². The number of hydrogen-bond donors (Lipinski definition) is 0. The second-order valence-electron chi connectivity index (χ2n) is 3.10. The maximum absolute atomic E-state index is 11.3. The van der Waals surface area contributed by atoms with Gasteiger partial charge in [-0.15, -0.1) is 11.6 Å². The number of fused-ring (bicyclic) bond motifs is 1. The lowest BCUT2D eigenvalue weighted by Crippen LogP contribution is -2.00. The number of furan rings is 1. The minimum Gasteiger partial charge on any atom is -0.465 e. The van der Waals surface area contributed by atoms with E-state index in [-0.39, 0.29) is 5.97 Å². The molecule has 78 valence electrons. The monoisotopic (exact) mass is 224 g/mol. The summed E-state index contributed by atoms with van der Waals surface area (Å²) in [4.78, 5) is 11.3. The lowest BCUT2D eigenvalue weighted by Gasteiger charge is -1.98. The fraction of sp³-hybridized carbons (Fsp3) is 0.182. The summed E-state index contributed by atoms with van der Waals surface area (Å²) in [7, 11) is 1.35. The molecule has 4 heteroatoms. The first-order valence-electron chi connectivity index (χ1n) is 4.40. The van der Waals surface area contributed by atoms with Crippen molar-refractivity contribution in [2.75, 3.05) is 7.11 Å². The first-order valence-corrected chi connectivity index (χ1v) is 4.94. The van der Waals surface area contributed by atoms with Crippen LogP contribution in [0.2, 0.25) is 0 Å². The number of methoxy groups -OCH3 is 1. The molecule has 1 aromatic carbocycles. The van der Waals surface area contributed by atoms with Gasteiger partial charge in [0.05, 0.1) is 24.8 Å². The van der Waals surface area contributed by atoms with E-state index in [0.29, 0.717) is 11.4 Å². The Kier molecular flexibility index (Phi) is 2.64. The van der Waals surface area contributed by atoms with Gasteiger partial charge in [0.2, 0.25) is 0 Å². The van der Waals surface area contributed by atoms with Crippen LogP contribution in [0.1, 0.15) is 15.9 Å². The zero-order valence-electron chi connectivity index (χ0n) is 8.12. The minimum absolute atomic E-state index is 0.359. The van der Waals surface area contributed by atoms with Crippen molar-refractivity contribution < 1.29 is 13.9 Å². The van der Waals surface area contributed by atoms with Gasteiger partial charge in [0.1, 0.15) is 5.58 Å². The Hall–Kier alpha value is -1.48. The lowest BCUT2D eigenvalue weighted by atomic mass is 10.1. The predicted octanol–water partition coefficient (Wildman–Crippen LogP) is 2.96. The Morgan fingerprint density at radius 3 is 3.00 bits per heavy atom. The molecule has 0 saturated carbocycles. The predicted molar refractivity (Wildman–Crippen MR) is 57.1 cm³/mol. The minimum atomic E-state index is -0.362. The van der Waals surface area contributed by atoms with Gasteiger partial charge in [-0.2, -0.15) is 0 Å². The fourth-order valence-electron chi connectivity index (χ4n) is 1.43. The Morgan fingerprint density at radius 2 is 2.33 bits per heavy atom. The van der Waals surface area contributed by atoms with E-state index in [1.807, 2.05) is 0 Å². The van der Waals surface area contributed by atoms with Gasteiger partial charge in [-0.1, -0.05) is 0 Å². The van der Waals surface area contributed by atoms with Crippen LogP contribution >= 0.6 is 11.6 Å². The van der Waals surface area contributed by atoms with E-state index in [2.05, 4.69) is 4.74 Å². The summed E-state index contributed by atoms with van der Waals surface area (Å²) in [6, 6.07) is 5.12. The summed E-state index contributed by atoms with van der Waals surface area (Å²) in [5, 5.41) is 0.855. The van der Waals surface area contributed by atoms with Crippen molar-refractivity contribution >= 4 is 28.5 Å². The first kappa shape index (κ1) is 10.1. The molecule has 1 heterocycles. The van der Waals surface area contributed by atoms with Crippen LogP contribution in [-0.2, 0) is 10.6 Å². The topological polar surface area (TPSA) is 39.4 Å². The SMILES string of the molecule is COC(=O)c1ccc2occ(CCl)c2c1. The Bertz CT molecular complexity index is 502. The average molecular weight is 225 g/mol. The molecule has 0 aliphatic carbocycles. The summed E-state index contributed by atoms with van der Waals surface area (Å²) in [5.74, 6) is -0.00363. The molecule has 0 N–H and O–H groups in total. The number of halogens is 1. The van der Waals surface area contributed by atoms with E-state index in [9.17, 15) is 4.79 Å². The number of rotatable bonds is 2. The van der Waals surface area contributed by atoms with Crippen LogP contribution in [0.15, 0.2) is 28.9 Å². The highest BCUT2D eigenvalue weighted by atomic mass is 35.5. The number of esters is 1. The second-order valence-corrected chi connectivity index (χ2v) is 3.36. The zero-order valence-corrected chi connectivity index (χ0v) is 8.88. The molecular weight excluding hydrogens is 216 g/mol. The molecule has 3 nitrogen and oxygen atoms in total. The van der Waals surface area contributed by atoms with Gasteiger partial charge < -0.3 is 9.15 Å². The van der Waals surface area contributed by atoms with Gasteiger partial charge in [-0.05, 0) is 18.2 Å². The smallest absolute Gasteiger partial charge is 0.337 e. The molecule has 0 bridgehead atoms. The van der Waals surface area contributed by atoms with E-state index in [1.54, 1.807) is 24.5 Å². The standard InChI is InChI=1S/C11H9ClO3/c1-14-11(13)7-2-3-10-9(4-7)8(5-12)6-15-10/h2-4,6H,5H2,1H3. The molecule has 0 fully saturated rings. The van der Waals surface area contributed by atoms with Crippen molar-refractivity contribution in [3.63, 3.8) is 0 Å². The van der Waals surface area contributed by atoms with Gasteiger partial charge in [-0.25, -0.2) is 4.79 Å². The van der Waals surface area contributed by atoms with Crippen LogP contribution in [0.25, 0.3) is 11.0 Å². The quantitative estimate of drug-likeness (QED) is 0.582. The van der Waals surface area contributed by atoms with Crippen LogP contribution < -0.4 is 0 Å². The molecule has 0 aliphatic heterocycles. The number of alkyl halides is 1. The van der Waals surface area contributed by atoms with Crippen molar-refractivity contribution in [3.8, 4) is 0 Å². The van der Waals surface area contributed by atoms with Crippen molar-refractivity contribution in [2.24, 2.45) is 0 Å². The highest BCUT2D eigenvalue weighted by Gasteiger charge is 2.10. The zero-order chi connectivity index (χ0) is 10.8. The van der Waals surface area contributed by atoms with Crippen LogP contribution in [-0.4, -0.2) is 13.1 Å². The number of carbonyl (C=O) groups is 1. The average Bonchev–Trinajstić information content (AvgIpc) is 2.69. The molecule has 0 amide bonds. The van der Waals surface area contributed by atoms with Crippen LogP contribution in [0.3, 0.4) is 0 Å². The van der Waals surface area contributed by atoms with Crippen molar-refractivity contribution in [3.05, 3.63) is 35.6 Å². The molecule has 15 heavy (non-hydrogen) atoms. The fourth-order valence-corrected chi connectivity index (χ4v) is 1.64. The molecule has 0 aliphatic rings. The van der Waals surface area contributed by atoms with E-state index in [4.69, 9.17) is 16.0 Å². The van der Waals surface area contributed by atoms with Gasteiger partial charge in [0.25, 0.3) is 0 Å². The molecule has 2 aromatic rings. The molecule has 0 atom stereocenters. The Morgan fingerprint density at radius 1 is 1.53 bits per heavy atom. The highest BCUT2D eigenvalue weighted by molar-refractivity contribution is 6.18. The van der Waals surface area contributed by atoms with E-state index in [0.717, 1.165) is 16.5 Å². The molecule has 0 spiro atoms. The van der Waals surface area contributed by atoms with Crippen molar-refractivity contribution in [1.82, 2.24) is 0 Å². The number of hydrogen-bond acceptors (Lipinski definition) is 3. The van der Waals surface area contributed by atoms with E-state index < -0.39 is 0 Å². The van der Waals surface area contributed by atoms with Crippen LogP contribution in [0.5, 0.6) is 0 Å². The van der Waals surface area contributed by atoms with Crippen molar-refractivity contribution in [1.29, 1.82) is 0 Å². The van der Waals surface area contributed by atoms with Crippen LogP contribution in [0, 0.1) is 0 Å². The third kappa shape index (κ3) is 1.70. The first-order chi connectivity index (χ1) is 7.26. The summed E-state index contributed by atoms with van der Waals surface area (Å²) in [5.41, 5.74) is 2.09. The summed E-state index contributed by atoms with van der Waals surface area (Å²) >= 11 is 5.74. The Labute approximate surface area is 91.6 Å². The largest absolute Gasteiger partial charge is 0.465 e. The normalized spacial score (nSPS) is 10.5. The van der Waals surface area contributed by atoms with E-state index in [1.165, 1.54) is 7.11 Å². The number of carbonyl (C=O) groups excluding carboxylic acids is 1. The van der Waals surface area contributed by atoms with Gasteiger partial charge in [0, 0.05) is 10.9 Å². The molecular formula is C11H9ClO3. The molecule has 2 rings (SSSR count). The second kappa shape index (κ2) is 3.95. The maximum atomic E-state index is 11.3. The number of ether oxygens (including phenoxy) is 1. The van der Waals surface area contributed by atoms with Crippen LogP contribution in [0.4, 0.5) is 0 Å². The summed E-state index contributed by atoms with van der Waals surface area (Å²) in [6.07, 6.45) is 1.60. The highest BCUT2D eigenvalue weighted by Crippen LogP contribution is 2.24. The van der Waals surface area contributed by atoms with Crippen molar-refractivity contribution in [2.45, 2.75) is 5.88 Å². The van der Waals surface area contributed by atoms with Gasteiger partial charge >= 0.3 is 5.97 Å². The molecule has 0 saturated heterocycles. The van der Waals surface area contributed by atoms with Gasteiger partial charge in [-0.3, -0.25) is 0 Å². The summed E-state index contributed by atoms with van der Waals surface area (Å²) in [6.45, 7) is 0. The lowest BCUT2D eigenvalue weighted by molar-refractivity contribution is 0.0601. The third-order valence-corrected chi connectivity index (χ3v) is 2.51. The molecule has 0 unspecified atom stereocenters. The summed E-state index contributed by atoms with van der Waals surface area (Å²) < 4.78 is 9.90. The Balaban J connectivity index is 2.57. The maximum Gasteiger partial charge on any atom is 0.337 e. The third-order valence-electron chi connectivity index (χ3n) is 2.22. The number of benzene rings is 1. The molecule has 0 radical (unpaired) electrons. The van der Waals surface area contributed by atoms with Gasteiger partial charge in [0.15, 0.2) is 0 Å². The molecule has 1 aromatic heterocycles.